The summed E-state index contributed by atoms with van der Waals surface area (Å²) in [5, 5.41) is 1.54. The number of hydrogen-bond acceptors (Lipinski definition) is 6. The van der Waals surface area contributed by atoms with E-state index in [9.17, 15) is 18.4 Å². The van der Waals surface area contributed by atoms with E-state index in [2.05, 4.69) is 5.32 Å². The fourth-order valence-corrected chi connectivity index (χ4v) is 7.02. The third-order valence-corrected chi connectivity index (χ3v) is 9.28. The molecule has 10 heteroatoms. The fraction of sp³-hybridized carbons (Fsp3) is 0.647. The number of halogens is 1. The van der Waals surface area contributed by atoms with E-state index in [1.165, 1.54) is 12.1 Å². The summed E-state index contributed by atoms with van der Waals surface area (Å²) in [4.78, 5) is 10.5. The maximum Gasteiger partial charge on any atom is 0.347 e. The van der Waals surface area contributed by atoms with Crippen LogP contribution in [0.25, 0.3) is 0 Å². The predicted octanol–water partition coefficient (Wildman–Crippen LogP) is 4.51. The molecule has 27 heavy (non-hydrogen) atoms. The lowest BCUT2D eigenvalue weighted by Gasteiger charge is -2.30. The molecule has 2 N–H and O–H groups in total. The van der Waals surface area contributed by atoms with Gasteiger partial charge in [0, 0.05) is 13.1 Å². The van der Waals surface area contributed by atoms with Gasteiger partial charge in [0.15, 0.2) is 5.40 Å². The number of benzene rings is 1. The zero-order valence-electron chi connectivity index (χ0n) is 16.3. The molecule has 1 aromatic carbocycles. The SMILES string of the molecule is CCOP(=O)(OCC)C(CNCc1cccc(F)c1)P(=O)(O)OC(C)CC. The lowest BCUT2D eigenvalue weighted by Crippen LogP contribution is -2.30. The van der Waals surface area contributed by atoms with E-state index in [0.717, 1.165) is 0 Å². The highest BCUT2D eigenvalue weighted by Gasteiger charge is 2.49. The van der Waals surface area contributed by atoms with E-state index < -0.39 is 26.7 Å². The van der Waals surface area contributed by atoms with E-state index in [0.29, 0.717) is 12.0 Å². The van der Waals surface area contributed by atoms with Crippen LogP contribution in [0.4, 0.5) is 4.39 Å². The second kappa shape index (κ2) is 11.4. The summed E-state index contributed by atoms with van der Waals surface area (Å²) in [6.07, 6.45) is 0.0185. The largest absolute Gasteiger partial charge is 0.347 e. The Labute approximate surface area is 160 Å². The number of hydrogen-bond donors (Lipinski definition) is 2. The molecule has 0 aromatic heterocycles. The summed E-state index contributed by atoms with van der Waals surface area (Å²) in [5.41, 5.74) is 0.645. The van der Waals surface area contributed by atoms with Crippen LogP contribution in [0.1, 0.15) is 39.7 Å². The molecule has 0 heterocycles. The Morgan fingerprint density at radius 2 is 1.81 bits per heavy atom. The third kappa shape index (κ3) is 7.74. The number of nitrogens with one attached hydrogen (secondary N) is 1. The van der Waals surface area contributed by atoms with Crippen molar-refractivity contribution in [2.45, 2.75) is 52.2 Å². The van der Waals surface area contributed by atoms with Crippen molar-refractivity contribution in [3.8, 4) is 0 Å². The molecule has 0 radical (unpaired) electrons. The van der Waals surface area contributed by atoms with Gasteiger partial charge in [-0.3, -0.25) is 9.13 Å². The molecule has 7 nitrogen and oxygen atoms in total. The van der Waals surface area contributed by atoms with Gasteiger partial charge in [0.2, 0.25) is 0 Å². The molecule has 0 aliphatic heterocycles. The lowest BCUT2D eigenvalue weighted by molar-refractivity contribution is 0.175. The van der Waals surface area contributed by atoms with Crippen LogP contribution in [0.2, 0.25) is 0 Å². The third-order valence-electron chi connectivity index (χ3n) is 3.81. The second-order valence-corrected chi connectivity index (χ2v) is 10.6. The minimum Gasteiger partial charge on any atom is -0.324 e. The molecule has 0 aliphatic rings. The minimum atomic E-state index is -4.34. The first kappa shape index (κ1) is 24.4. The van der Waals surface area contributed by atoms with Gasteiger partial charge in [-0.25, -0.2) is 4.39 Å². The average molecular weight is 425 g/mol. The first-order valence-corrected chi connectivity index (χ1v) is 12.3. The monoisotopic (exact) mass is 425 g/mol. The van der Waals surface area contributed by atoms with Crippen LogP contribution in [-0.4, -0.2) is 36.2 Å². The van der Waals surface area contributed by atoms with Crippen LogP contribution in [-0.2, 0) is 29.2 Å². The molecular weight excluding hydrogens is 395 g/mol. The standard InChI is InChI=1S/C17H30FNO6P2/c1-5-14(4)25-26(20,21)17(27(22,23-6-2)24-7-3)13-19-12-15-9-8-10-16(18)11-15/h8-11,14,17,19H,5-7,12-13H2,1-4H3,(H,20,21). The Balaban J connectivity index is 3.01. The minimum absolute atomic E-state index is 0.0566. The zero-order chi connectivity index (χ0) is 20.5. The molecule has 3 atom stereocenters. The predicted molar refractivity (Wildman–Crippen MR) is 103 cm³/mol. The van der Waals surface area contributed by atoms with Crippen LogP contribution >= 0.6 is 15.2 Å². The van der Waals surface area contributed by atoms with Crippen molar-refractivity contribution in [2.24, 2.45) is 0 Å². The topological polar surface area (TPSA) is 94.1 Å². The Morgan fingerprint density at radius 1 is 1.19 bits per heavy atom. The van der Waals surface area contributed by atoms with Crippen LogP contribution in [0.15, 0.2) is 24.3 Å². The Bertz CT molecular complexity index is 665. The summed E-state index contributed by atoms with van der Waals surface area (Å²) in [6, 6.07) is 5.95. The van der Waals surface area contributed by atoms with Crippen molar-refractivity contribution in [3.05, 3.63) is 35.6 Å². The van der Waals surface area contributed by atoms with E-state index >= 15 is 0 Å². The Kier molecular flexibility index (Phi) is 10.3. The highest BCUT2D eigenvalue weighted by molar-refractivity contribution is 7.72. The molecule has 156 valence electrons. The quantitative estimate of drug-likeness (QED) is 0.449. The highest BCUT2D eigenvalue weighted by Crippen LogP contribution is 2.68. The maximum absolute atomic E-state index is 13.3. The molecule has 3 unspecified atom stereocenters. The van der Waals surface area contributed by atoms with Crippen LogP contribution in [0.3, 0.4) is 0 Å². The van der Waals surface area contributed by atoms with Gasteiger partial charge in [-0.15, -0.1) is 0 Å². The van der Waals surface area contributed by atoms with Crippen LogP contribution in [0, 0.1) is 5.82 Å². The van der Waals surface area contributed by atoms with Crippen molar-refractivity contribution in [3.63, 3.8) is 0 Å². The van der Waals surface area contributed by atoms with Gasteiger partial charge >= 0.3 is 15.2 Å². The summed E-state index contributed by atoms with van der Waals surface area (Å²) >= 11 is 0. The van der Waals surface area contributed by atoms with E-state index in [4.69, 9.17) is 13.6 Å². The van der Waals surface area contributed by atoms with Crippen LogP contribution in [0.5, 0.6) is 0 Å². The van der Waals surface area contributed by atoms with Crippen LogP contribution < -0.4 is 5.32 Å². The molecule has 0 saturated heterocycles. The van der Waals surface area contributed by atoms with Crippen molar-refractivity contribution >= 4 is 15.2 Å². The summed E-state index contributed by atoms with van der Waals surface area (Å²) in [6.45, 7) is 6.90. The first-order valence-electron chi connectivity index (χ1n) is 9.03. The molecule has 0 amide bonds. The van der Waals surface area contributed by atoms with E-state index in [1.54, 1.807) is 32.9 Å². The second-order valence-electron chi connectivity index (χ2n) is 6.01. The van der Waals surface area contributed by atoms with E-state index in [1.807, 2.05) is 6.92 Å². The van der Waals surface area contributed by atoms with Crippen molar-refractivity contribution in [1.29, 1.82) is 0 Å². The van der Waals surface area contributed by atoms with Gasteiger partial charge in [0.1, 0.15) is 5.82 Å². The van der Waals surface area contributed by atoms with Gasteiger partial charge in [-0.1, -0.05) is 19.1 Å². The van der Waals surface area contributed by atoms with Crippen molar-refractivity contribution in [2.75, 3.05) is 19.8 Å². The summed E-state index contributed by atoms with van der Waals surface area (Å²) in [7, 11) is -8.26. The summed E-state index contributed by atoms with van der Waals surface area (Å²) in [5.74, 6) is -0.381. The normalized spacial score (nSPS) is 16.7. The molecule has 0 spiro atoms. The zero-order valence-corrected chi connectivity index (χ0v) is 18.0. The van der Waals surface area contributed by atoms with Gasteiger partial charge in [0.05, 0.1) is 19.3 Å². The van der Waals surface area contributed by atoms with Crippen molar-refractivity contribution in [1.82, 2.24) is 5.32 Å². The number of rotatable bonds is 13. The smallest absolute Gasteiger partial charge is 0.324 e. The van der Waals surface area contributed by atoms with Crippen molar-refractivity contribution < 1.29 is 32.0 Å². The highest BCUT2D eigenvalue weighted by atomic mass is 31.2. The summed E-state index contributed by atoms with van der Waals surface area (Å²) < 4.78 is 55.2. The molecule has 0 saturated carbocycles. The molecule has 1 aromatic rings. The lowest BCUT2D eigenvalue weighted by atomic mass is 10.2. The van der Waals surface area contributed by atoms with Gasteiger partial charge in [0.25, 0.3) is 0 Å². The van der Waals surface area contributed by atoms with Gasteiger partial charge in [-0.05, 0) is 44.9 Å². The van der Waals surface area contributed by atoms with E-state index in [-0.39, 0.29) is 32.1 Å². The van der Waals surface area contributed by atoms with Gasteiger partial charge in [-0.2, -0.15) is 0 Å². The average Bonchev–Trinajstić information content (AvgIpc) is 2.58. The Morgan fingerprint density at radius 3 is 2.33 bits per heavy atom. The fourth-order valence-electron chi connectivity index (χ4n) is 2.37. The first-order chi connectivity index (χ1) is 12.7. The molecule has 0 bridgehead atoms. The molecular formula is C17H30FNO6P2. The molecule has 1 rings (SSSR count). The Hall–Kier alpha value is -0.590. The van der Waals surface area contributed by atoms with Gasteiger partial charge < -0.3 is 23.8 Å². The molecule has 0 fully saturated rings. The maximum atomic E-state index is 13.3. The molecule has 0 aliphatic carbocycles.